The maximum absolute atomic E-state index is 12.6. The molecule has 4 saturated carbocycles. The van der Waals surface area contributed by atoms with Crippen LogP contribution in [0.5, 0.6) is 0 Å². The summed E-state index contributed by atoms with van der Waals surface area (Å²) in [7, 11) is 0. The molecule has 4 rings (SSSR count). The summed E-state index contributed by atoms with van der Waals surface area (Å²) in [6.07, 6.45) is 6.57. The first-order valence-corrected chi connectivity index (χ1v) is 8.88. The minimum Gasteiger partial charge on any atom is -0.465 e. The van der Waals surface area contributed by atoms with Crippen LogP contribution in [0.3, 0.4) is 0 Å². The van der Waals surface area contributed by atoms with E-state index < -0.39 is 36.7 Å². The van der Waals surface area contributed by atoms with Crippen molar-refractivity contribution in [1.29, 1.82) is 0 Å². The molecular formula is C18H24F2O5. The second kappa shape index (κ2) is 6.65. The number of carbonyl (C=O) groups excluding carboxylic acids is 3. The molecule has 0 heterocycles. The van der Waals surface area contributed by atoms with Crippen molar-refractivity contribution in [3.05, 3.63) is 0 Å². The molecular weight excluding hydrogens is 334 g/mol. The number of hydrogen-bond acceptors (Lipinski definition) is 5. The van der Waals surface area contributed by atoms with Gasteiger partial charge in [-0.05, 0) is 56.3 Å². The third-order valence-electron chi connectivity index (χ3n) is 5.77. The number of hydrogen-bond donors (Lipinski definition) is 0. The summed E-state index contributed by atoms with van der Waals surface area (Å²) in [5.41, 5.74) is 0.0597. The van der Waals surface area contributed by atoms with Crippen LogP contribution in [0.25, 0.3) is 0 Å². The average Bonchev–Trinajstić information content (AvgIpc) is 2.48. The van der Waals surface area contributed by atoms with E-state index in [0.717, 1.165) is 37.0 Å². The number of esters is 2. The zero-order chi connectivity index (χ0) is 18.2. The number of ketones is 1. The molecule has 4 fully saturated rings. The SMILES string of the molecule is CC(F)(F)C(=O)OCC(=O)CC(=O)OCC12CC3CC(CC(C3)C1)C2. The van der Waals surface area contributed by atoms with Crippen LogP contribution in [0, 0.1) is 23.2 Å². The normalized spacial score (nSPS) is 33.2. The lowest BCUT2D eigenvalue weighted by molar-refractivity contribution is -0.171. The third kappa shape index (κ3) is 4.36. The van der Waals surface area contributed by atoms with Crippen molar-refractivity contribution in [3.63, 3.8) is 0 Å². The molecule has 0 radical (unpaired) electrons. The van der Waals surface area contributed by atoms with Gasteiger partial charge in [0, 0.05) is 12.3 Å². The van der Waals surface area contributed by atoms with Crippen molar-refractivity contribution >= 4 is 17.7 Å². The monoisotopic (exact) mass is 358 g/mol. The van der Waals surface area contributed by atoms with Gasteiger partial charge in [0.25, 0.3) is 0 Å². The van der Waals surface area contributed by atoms with Crippen molar-refractivity contribution in [3.8, 4) is 0 Å². The van der Waals surface area contributed by atoms with Gasteiger partial charge in [0.05, 0.1) is 6.61 Å². The van der Waals surface area contributed by atoms with Gasteiger partial charge in [0.15, 0.2) is 12.4 Å². The number of Topliss-reactive ketones (excluding diaryl/α,β-unsaturated/α-hetero) is 1. The molecule has 4 aliphatic rings. The fraction of sp³-hybridized carbons (Fsp3) is 0.833. The van der Waals surface area contributed by atoms with Crippen LogP contribution < -0.4 is 0 Å². The highest BCUT2D eigenvalue weighted by atomic mass is 19.3. The van der Waals surface area contributed by atoms with E-state index in [2.05, 4.69) is 4.74 Å². The molecule has 7 heteroatoms. The summed E-state index contributed by atoms with van der Waals surface area (Å²) in [4.78, 5) is 34.3. The highest BCUT2D eigenvalue weighted by Gasteiger charge is 2.51. The van der Waals surface area contributed by atoms with Crippen molar-refractivity contribution < 1.29 is 32.6 Å². The largest absolute Gasteiger partial charge is 0.465 e. The van der Waals surface area contributed by atoms with E-state index in [9.17, 15) is 23.2 Å². The molecule has 0 amide bonds. The van der Waals surface area contributed by atoms with Gasteiger partial charge in [-0.1, -0.05) is 0 Å². The second-order valence-corrected chi connectivity index (χ2v) is 8.26. The highest BCUT2D eigenvalue weighted by molar-refractivity contribution is 5.97. The van der Waals surface area contributed by atoms with Crippen LogP contribution in [0.2, 0.25) is 0 Å². The molecule has 0 spiro atoms. The highest BCUT2D eigenvalue weighted by Crippen LogP contribution is 2.60. The Balaban J connectivity index is 1.41. The maximum atomic E-state index is 12.6. The Bertz CT molecular complexity index is 531. The molecule has 4 bridgehead atoms. The molecule has 0 unspecified atom stereocenters. The second-order valence-electron chi connectivity index (χ2n) is 8.26. The molecule has 0 aromatic heterocycles. The Morgan fingerprint density at radius 2 is 1.52 bits per heavy atom. The Morgan fingerprint density at radius 3 is 2.00 bits per heavy atom. The summed E-state index contributed by atoms with van der Waals surface area (Å²) in [6, 6.07) is 0. The molecule has 0 saturated heterocycles. The molecule has 0 aliphatic heterocycles. The first-order chi connectivity index (χ1) is 11.7. The Morgan fingerprint density at radius 1 is 1.00 bits per heavy atom. The first-order valence-electron chi connectivity index (χ1n) is 8.88. The molecule has 0 atom stereocenters. The van der Waals surface area contributed by atoms with Crippen molar-refractivity contribution in [2.45, 2.75) is 57.8 Å². The van der Waals surface area contributed by atoms with Crippen LogP contribution in [0.4, 0.5) is 8.78 Å². The van der Waals surface area contributed by atoms with Crippen LogP contribution in [-0.2, 0) is 23.9 Å². The number of alkyl halides is 2. The van der Waals surface area contributed by atoms with Crippen LogP contribution in [0.1, 0.15) is 51.9 Å². The molecule has 0 N–H and O–H groups in total. The lowest BCUT2D eigenvalue weighted by atomic mass is 9.50. The summed E-state index contributed by atoms with van der Waals surface area (Å²) in [5.74, 6) is -4.64. The predicted octanol–water partition coefficient (Wildman–Crippen LogP) is 2.90. The summed E-state index contributed by atoms with van der Waals surface area (Å²) >= 11 is 0. The van der Waals surface area contributed by atoms with E-state index in [0.29, 0.717) is 13.5 Å². The minimum atomic E-state index is -3.65. The smallest absolute Gasteiger partial charge is 0.377 e. The van der Waals surface area contributed by atoms with E-state index in [4.69, 9.17) is 4.74 Å². The van der Waals surface area contributed by atoms with Crippen molar-refractivity contribution in [2.75, 3.05) is 13.2 Å². The van der Waals surface area contributed by atoms with E-state index in [1.54, 1.807) is 0 Å². The summed E-state index contributed by atoms with van der Waals surface area (Å²) < 4.78 is 34.8. The fourth-order valence-corrected chi connectivity index (χ4v) is 5.24. The zero-order valence-electron chi connectivity index (χ0n) is 14.4. The van der Waals surface area contributed by atoms with Crippen LogP contribution in [0.15, 0.2) is 0 Å². The van der Waals surface area contributed by atoms with E-state index in [-0.39, 0.29) is 5.41 Å². The lowest BCUT2D eigenvalue weighted by Gasteiger charge is -2.56. The maximum Gasteiger partial charge on any atom is 0.377 e. The average molecular weight is 358 g/mol. The molecule has 0 aromatic rings. The van der Waals surface area contributed by atoms with Gasteiger partial charge in [-0.2, -0.15) is 8.78 Å². The standard InChI is InChI=1S/C18H24F2O5/c1-17(19,20)16(23)24-9-14(21)5-15(22)25-10-18-6-11-2-12(7-18)4-13(3-11)8-18/h11-13H,2-10H2,1H3. The van der Waals surface area contributed by atoms with E-state index in [1.165, 1.54) is 19.3 Å². The van der Waals surface area contributed by atoms with E-state index in [1.807, 2.05) is 0 Å². The van der Waals surface area contributed by atoms with Gasteiger partial charge in [0.2, 0.25) is 0 Å². The first kappa shape index (κ1) is 18.3. The molecule has 140 valence electrons. The Labute approximate surface area is 145 Å². The predicted molar refractivity (Wildman–Crippen MR) is 82.8 cm³/mol. The summed E-state index contributed by atoms with van der Waals surface area (Å²) in [6.45, 7) is -0.121. The third-order valence-corrected chi connectivity index (χ3v) is 5.77. The van der Waals surface area contributed by atoms with Gasteiger partial charge < -0.3 is 9.47 Å². The zero-order valence-corrected chi connectivity index (χ0v) is 14.4. The van der Waals surface area contributed by atoms with Crippen molar-refractivity contribution in [1.82, 2.24) is 0 Å². The Hall–Kier alpha value is -1.53. The fourth-order valence-electron chi connectivity index (χ4n) is 5.24. The van der Waals surface area contributed by atoms with E-state index >= 15 is 0 Å². The number of carbonyl (C=O) groups is 3. The van der Waals surface area contributed by atoms with Crippen LogP contribution in [-0.4, -0.2) is 36.9 Å². The van der Waals surface area contributed by atoms with Gasteiger partial charge in [-0.25, -0.2) is 4.79 Å². The van der Waals surface area contributed by atoms with Gasteiger partial charge in [0.1, 0.15) is 6.42 Å². The molecule has 4 aliphatic carbocycles. The van der Waals surface area contributed by atoms with Gasteiger partial charge in [-0.15, -0.1) is 0 Å². The lowest BCUT2D eigenvalue weighted by Crippen LogP contribution is -2.48. The van der Waals surface area contributed by atoms with Crippen molar-refractivity contribution in [2.24, 2.45) is 23.2 Å². The van der Waals surface area contributed by atoms with Gasteiger partial charge in [-0.3, -0.25) is 9.59 Å². The number of ether oxygens (including phenoxy) is 2. The Kier molecular flexibility index (Phi) is 4.86. The molecule has 25 heavy (non-hydrogen) atoms. The molecule has 0 aromatic carbocycles. The quantitative estimate of drug-likeness (QED) is 0.517. The van der Waals surface area contributed by atoms with Gasteiger partial charge >= 0.3 is 17.9 Å². The summed E-state index contributed by atoms with van der Waals surface area (Å²) in [5, 5.41) is 0. The molecule has 5 nitrogen and oxygen atoms in total. The number of rotatable bonds is 7. The number of halogens is 2. The minimum absolute atomic E-state index is 0.0597. The van der Waals surface area contributed by atoms with Crippen LogP contribution >= 0.6 is 0 Å². The topological polar surface area (TPSA) is 69.7 Å².